The number of ketones is 2. The Labute approximate surface area is 148 Å². The van der Waals surface area contributed by atoms with Crippen LogP contribution in [0.2, 0.25) is 0 Å². The molecule has 0 atom stereocenters. The molecule has 8 heteroatoms. The Bertz CT molecular complexity index is 892. The average molecular weight is 327 g/mol. The fourth-order valence-corrected chi connectivity index (χ4v) is 2.90. The molecule has 0 amide bonds. The third kappa shape index (κ3) is 2.56. The molecule has 3 rings (SSSR count). The minimum absolute atomic E-state index is 0. The van der Waals surface area contributed by atoms with E-state index >= 15 is 0 Å². The second kappa shape index (κ2) is 6.04. The van der Waals surface area contributed by atoms with Crippen molar-refractivity contribution < 1.29 is 22.3 Å². The van der Waals surface area contributed by atoms with E-state index in [4.69, 9.17) is 5.90 Å². The van der Waals surface area contributed by atoms with Gasteiger partial charge < -0.3 is 0 Å². The van der Waals surface area contributed by atoms with Gasteiger partial charge >= 0.3 is 39.7 Å². The van der Waals surface area contributed by atoms with E-state index < -0.39 is 15.9 Å². The summed E-state index contributed by atoms with van der Waals surface area (Å²) in [4.78, 5) is 24.5. The first-order chi connectivity index (χ1) is 9.95. The Morgan fingerprint density at radius 2 is 1.32 bits per heavy atom. The Balaban J connectivity index is 0.00000176. The van der Waals surface area contributed by atoms with Crippen LogP contribution in [0.15, 0.2) is 47.4 Å². The van der Waals surface area contributed by atoms with Crippen molar-refractivity contribution in [3.05, 3.63) is 64.7 Å². The SMILES string of the molecule is NOS(=O)(=O)c1ccc2c(c1)C(=O)c1ccccc1C2=O.[NaH]. The summed E-state index contributed by atoms with van der Waals surface area (Å²) in [6.07, 6.45) is 0. The summed E-state index contributed by atoms with van der Waals surface area (Å²) in [5.74, 6) is 3.98. The quantitative estimate of drug-likeness (QED) is 0.539. The average Bonchev–Trinajstić information content (AvgIpc) is 2.52. The zero-order valence-corrected chi connectivity index (χ0v) is 11.4. The van der Waals surface area contributed by atoms with Crippen LogP contribution in [0.5, 0.6) is 0 Å². The molecular weight excluding hydrogens is 317 g/mol. The van der Waals surface area contributed by atoms with Crippen molar-refractivity contribution in [1.82, 2.24) is 0 Å². The van der Waals surface area contributed by atoms with E-state index in [9.17, 15) is 18.0 Å². The molecule has 0 spiro atoms. The number of hydrogen-bond acceptors (Lipinski definition) is 6. The van der Waals surface area contributed by atoms with Crippen LogP contribution in [0.1, 0.15) is 31.8 Å². The summed E-state index contributed by atoms with van der Waals surface area (Å²) >= 11 is 0. The van der Waals surface area contributed by atoms with Gasteiger partial charge in [-0.05, 0) is 18.2 Å². The van der Waals surface area contributed by atoms with E-state index in [-0.39, 0.29) is 56.9 Å². The van der Waals surface area contributed by atoms with Gasteiger partial charge in [-0.3, -0.25) is 9.59 Å². The zero-order valence-electron chi connectivity index (χ0n) is 10.6. The van der Waals surface area contributed by atoms with Crippen molar-refractivity contribution in [2.45, 2.75) is 4.90 Å². The molecule has 0 aliphatic heterocycles. The molecule has 0 saturated carbocycles. The van der Waals surface area contributed by atoms with Gasteiger partial charge in [-0.15, -0.1) is 0 Å². The third-order valence-electron chi connectivity index (χ3n) is 3.31. The van der Waals surface area contributed by atoms with Gasteiger partial charge in [-0.25, -0.2) is 0 Å². The Hall–Kier alpha value is -1.35. The zero-order chi connectivity index (χ0) is 15.2. The summed E-state index contributed by atoms with van der Waals surface area (Å²) < 4.78 is 27.1. The molecule has 0 bridgehead atoms. The van der Waals surface area contributed by atoms with Gasteiger partial charge in [-0.2, -0.15) is 18.6 Å². The normalized spacial score (nSPS) is 13.1. The maximum absolute atomic E-state index is 12.4. The predicted octanol–water partition coefficient (Wildman–Crippen LogP) is 0.393. The maximum atomic E-state index is 12.4. The molecule has 2 N–H and O–H groups in total. The van der Waals surface area contributed by atoms with E-state index in [2.05, 4.69) is 4.28 Å². The summed E-state index contributed by atoms with van der Waals surface area (Å²) in [5, 5.41) is 0. The van der Waals surface area contributed by atoms with Gasteiger partial charge in [0.05, 0.1) is 4.90 Å². The van der Waals surface area contributed by atoms with Crippen LogP contribution in [0.4, 0.5) is 0 Å². The van der Waals surface area contributed by atoms with E-state index in [0.717, 1.165) is 6.07 Å². The van der Waals surface area contributed by atoms with Crippen molar-refractivity contribution in [2.75, 3.05) is 0 Å². The third-order valence-corrected chi connectivity index (χ3v) is 4.40. The van der Waals surface area contributed by atoms with Gasteiger partial charge in [0.25, 0.3) is 0 Å². The standard InChI is InChI=1S/C14H9NO5S.Na.H/c15-20-21(18,19)8-5-6-11-12(7-8)14(17)10-4-2-1-3-9(10)13(11)16;;/h1-7H,15H2;;. The second-order valence-electron chi connectivity index (χ2n) is 4.46. The summed E-state index contributed by atoms with van der Waals surface area (Å²) in [5.41, 5.74) is 0.741. The van der Waals surface area contributed by atoms with Crippen molar-refractivity contribution in [1.29, 1.82) is 0 Å². The Kier molecular flexibility index (Phi) is 4.67. The molecule has 22 heavy (non-hydrogen) atoms. The van der Waals surface area contributed by atoms with E-state index in [1.54, 1.807) is 18.2 Å². The number of benzene rings is 2. The first kappa shape index (κ1) is 17.0. The molecule has 0 heterocycles. The molecule has 6 nitrogen and oxygen atoms in total. The van der Waals surface area contributed by atoms with E-state index in [1.165, 1.54) is 18.2 Å². The summed E-state index contributed by atoms with van der Waals surface area (Å²) in [7, 11) is -4.14. The molecule has 2 aromatic rings. The second-order valence-corrected chi connectivity index (χ2v) is 6.03. The van der Waals surface area contributed by atoms with Crippen LogP contribution in [0.3, 0.4) is 0 Å². The van der Waals surface area contributed by atoms with Crippen LogP contribution in [-0.2, 0) is 14.4 Å². The van der Waals surface area contributed by atoms with Gasteiger partial charge in [0.2, 0.25) is 0 Å². The van der Waals surface area contributed by atoms with Gasteiger partial charge in [0.15, 0.2) is 11.6 Å². The molecule has 0 radical (unpaired) electrons. The number of rotatable bonds is 2. The van der Waals surface area contributed by atoms with Crippen molar-refractivity contribution in [2.24, 2.45) is 5.90 Å². The van der Waals surface area contributed by atoms with Crippen LogP contribution >= 0.6 is 0 Å². The summed E-state index contributed by atoms with van der Waals surface area (Å²) in [6.45, 7) is 0. The van der Waals surface area contributed by atoms with Crippen molar-refractivity contribution >= 4 is 51.2 Å². The van der Waals surface area contributed by atoms with Crippen LogP contribution in [-0.4, -0.2) is 49.5 Å². The predicted molar refractivity (Wildman–Crippen MR) is 79.4 cm³/mol. The van der Waals surface area contributed by atoms with Crippen molar-refractivity contribution in [3.63, 3.8) is 0 Å². The number of carbonyl (C=O) groups is 2. The summed E-state index contributed by atoms with van der Waals surface area (Å²) in [6, 6.07) is 9.96. The molecule has 1 aliphatic carbocycles. The van der Waals surface area contributed by atoms with Crippen LogP contribution in [0.25, 0.3) is 0 Å². The van der Waals surface area contributed by atoms with Crippen LogP contribution in [0, 0.1) is 0 Å². The molecule has 0 saturated heterocycles. The van der Waals surface area contributed by atoms with Crippen molar-refractivity contribution in [3.8, 4) is 0 Å². The number of nitrogens with two attached hydrogens (primary N) is 1. The molecule has 108 valence electrons. The number of carbonyl (C=O) groups excluding carboxylic acids is 2. The molecule has 2 aromatic carbocycles. The molecule has 0 fully saturated rings. The monoisotopic (exact) mass is 327 g/mol. The molecule has 1 aliphatic rings. The van der Waals surface area contributed by atoms with Gasteiger partial charge in [-0.1, -0.05) is 24.3 Å². The topological polar surface area (TPSA) is 104 Å². The van der Waals surface area contributed by atoms with Gasteiger partial charge in [0.1, 0.15) is 0 Å². The van der Waals surface area contributed by atoms with E-state index in [1.807, 2.05) is 0 Å². The minimum atomic E-state index is -4.14. The fraction of sp³-hybridized carbons (Fsp3) is 0. The number of hydrogen-bond donors (Lipinski definition) is 1. The van der Waals surface area contributed by atoms with E-state index in [0.29, 0.717) is 5.56 Å². The first-order valence-electron chi connectivity index (χ1n) is 5.91. The molecule has 0 aromatic heterocycles. The molecule has 0 unspecified atom stereocenters. The number of fused-ring (bicyclic) bond motifs is 2. The first-order valence-corrected chi connectivity index (χ1v) is 7.32. The Morgan fingerprint density at radius 3 is 1.86 bits per heavy atom. The van der Waals surface area contributed by atoms with Crippen LogP contribution < -0.4 is 5.90 Å². The fourth-order valence-electron chi connectivity index (χ4n) is 2.29. The molecular formula is C14H10NNaO5S. The Morgan fingerprint density at radius 1 is 0.818 bits per heavy atom. The van der Waals surface area contributed by atoms with Gasteiger partial charge in [0, 0.05) is 22.3 Å².